The topological polar surface area (TPSA) is 60.7 Å². The number of carbonyl (C=O) groups is 1. The molecule has 0 atom stereocenters. The van der Waals surface area contributed by atoms with Crippen molar-refractivity contribution in [1.29, 1.82) is 0 Å². The van der Waals surface area contributed by atoms with E-state index in [1.54, 1.807) is 13.2 Å². The Morgan fingerprint density at radius 2 is 2.33 bits per heavy atom. The van der Waals surface area contributed by atoms with Crippen LogP contribution in [0.25, 0.3) is 0 Å². The fourth-order valence-corrected chi connectivity index (χ4v) is 1.08. The number of hydrogen-bond acceptors (Lipinski definition) is 5. The molecule has 0 saturated heterocycles. The molecule has 5 nitrogen and oxygen atoms in total. The van der Waals surface area contributed by atoms with E-state index in [4.69, 9.17) is 9.15 Å². The van der Waals surface area contributed by atoms with Crippen LogP contribution in [0.5, 0.6) is 0 Å². The normalized spacial score (nSPS) is 10.3. The van der Waals surface area contributed by atoms with Gasteiger partial charge in [0.2, 0.25) is 0 Å². The third kappa shape index (κ3) is 3.73. The number of furan rings is 1. The predicted octanol–water partition coefficient (Wildman–Crippen LogP) is 0.802. The van der Waals surface area contributed by atoms with E-state index >= 15 is 0 Å². The van der Waals surface area contributed by atoms with E-state index in [1.807, 2.05) is 0 Å². The van der Waals surface area contributed by atoms with Gasteiger partial charge in [0.25, 0.3) is 0 Å². The Kier molecular flexibility index (Phi) is 4.86. The molecule has 0 saturated carbocycles. The molecule has 0 bridgehead atoms. The summed E-state index contributed by atoms with van der Waals surface area (Å²) in [7, 11) is 2.98. The summed E-state index contributed by atoms with van der Waals surface area (Å²) in [6, 6.07) is 1.66. The number of rotatable bonds is 6. The van der Waals surface area contributed by atoms with Crippen molar-refractivity contribution >= 4 is 5.97 Å². The highest BCUT2D eigenvalue weighted by Crippen LogP contribution is 2.08. The first-order chi connectivity index (χ1) is 7.27. The summed E-state index contributed by atoms with van der Waals surface area (Å²) in [4.78, 5) is 11.1. The molecule has 1 heterocycles. The third-order valence-corrected chi connectivity index (χ3v) is 1.86. The molecule has 0 unspecified atom stereocenters. The fourth-order valence-electron chi connectivity index (χ4n) is 1.08. The number of hydrogen-bond donors (Lipinski definition) is 1. The van der Waals surface area contributed by atoms with E-state index in [-0.39, 0.29) is 5.97 Å². The maximum atomic E-state index is 11.1. The Bertz CT molecular complexity index is 308. The number of methoxy groups -OCH3 is 2. The van der Waals surface area contributed by atoms with Crippen molar-refractivity contribution in [1.82, 2.24) is 5.32 Å². The molecule has 1 aromatic rings. The molecule has 1 N–H and O–H groups in total. The minimum atomic E-state index is -0.387. The number of nitrogens with one attached hydrogen (secondary N) is 1. The van der Waals surface area contributed by atoms with Crippen molar-refractivity contribution in [2.75, 3.05) is 27.4 Å². The zero-order valence-electron chi connectivity index (χ0n) is 8.91. The minimum absolute atomic E-state index is 0.387. The van der Waals surface area contributed by atoms with Crippen LogP contribution in [-0.2, 0) is 16.0 Å². The summed E-state index contributed by atoms with van der Waals surface area (Å²) in [5, 5.41) is 3.10. The van der Waals surface area contributed by atoms with E-state index in [0.29, 0.717) is 24.5 Å². The van der Waals surface area contributed by atoms with Crippen LogP contribution in [0.2, 0.25) is 0 Å². The van der Waals surface area contributed by atoms with Gasteiger partial charge in [-0.3, -0.25) is 0 Å². The molecule has 0 spiro atoms. The number of esters is 1. The van der Waals surface area contributed by atoms with Crippen LogP contribution < -0.4 is 5.32 Å². The smallest absolute Gasteiger partial charge is 0.341 e. The first-order valence-corrected chi connectivity index (χ1v) is 4.63. The maximum absolute atomic E-state index is 11.1. The Morgan fingerprint density at radius 3 is 3.00 bits per heavy atom. The summed E-state index contributed by atoms with van der Waals surface area (Å²) >= 11 is 0. The standard InChI is InChI=1S/C10H15NO4/c1-13-4-3-11-6-9-5-8(7-15-9)10(12)14-2/h5,7,11H,3-4,6H2,1-2H3. The van der Waals surface area contributed by atoms with Gasteiger partial charge in [-0.15, -0.1) is 0 Å². The summed E-state index contributed by atoms with van der Waals surface area (Å²) in [5.74, 6) is 0.313. The first kappa shape index (κ1) is 11.7. The van der Waals surface area contributed by atoms with Crippen LogP contribution in [-0.4, -0.2) is 33.3 Å². The first-order valence-electron chi connectivity index (χ1n) is 4.63. The Hall–Kier alpha value is -1.33. The molecule has 5 heteroatoms. The fraction of sp³-hybridized carbons (Fsp3) is 0.500. The summed E-state index contributed by atoms with van der Waals surface area (Å²) in [5.41, 5.74) is 0.432. The van der Waals surface area contributed by atoms with Crippen molar-refractivity contribution in [2.45, 2.75) is 6.54 Å². The van der Waals surface area contributed by atoms with Crippen molar-refractivity contribution in [3.05, 3.63) is 23.7 Å². The van der Waals surface area contributed by atoms with E-state index in [9.17, 15) is 4.79 Å². The molecule has 0 fully saturated rings. The maximum Gasteiger partial charge on any atom is 0.341 e. The SMILES string of the molecule is COCCNCc1cc(C(=O)OC)co1. The lowest BCUT2D eigenvalue weighted by atomic mass is 10.3. The van der Waals surface area contributed by atoms with Crippen LogP contribution in [0, 0.1) is 0 Å². The van der Waals surface area contributed by atoms with Crippen LogP contribution >= 0.6 is 0 Å². The summed E-state index contributed by atoms with van der Waals surface area (Å²) in [6.07, 6.45) is 1.39. The highest BCUT2D eigenvalue weighted by atomic mass is 16.5. The Morgan fingerprint density at radius 1 is 1.53 bits per heavy atom. The predicted molar refractivity (Wildman–Crippen MR) is 53.6 cm³/mol. The molecule has 0 aliphatic rings. The Labute approximate surface area is 88.4 Å². The molecule has 1 aromatic heterocycles. The van der Waals surface area contributed by atoms with E-state index < -0.39 is 0 Å². The van der Waals surface area contributed by atoms with Crippen molar-refractivity contribution in [2.24, 2.45) is 0 Å². The van der Waals surface area contributed by atoms with Gasteiger partial charge in [0, 0.05) is 13.7 Å². The average Bonchev–Trinajstić information content (AvgIpc) is 2.72. The number of carbonyl (C=O) groups excluding carboxylic acids is 1. The molecular formula is C10H15NO4. The second-order valence-electron chi connectivity index (χ2n) is 2.96. The van der Waals surface area contributed by atoms with Crippen molar-refractivity contribution < 1.29 is 18.7 Å². The van der Waals surface area contributed by atoms with Gasteiger partial charge in [-0.05, 0) is 6.07 Å². The van der Waals surface area contributed by atoms with Gasteiger partial charge < -0.3 is 19.2 Å². The lowest BCUT2D eigenvalue weighted by molar-refractivity contribution is 0.0600. The van der Waals surface area contributed by atoms with Gasteiger partial charge in [0.05, 0.1) is 25.8 Å². The molecule has 0 radical (unpaired) electrons. The zero-order valence-corrected chi connectivity index (χ0v) is 8.91. The van der Waals surface area contributed by atoms with E-state index in [1.165, 1.54) is 13.4 Å². The lowest BCUT2D eigenvalue weighted by Crippen LogP contribution is -2.18. The van der Waals surface area contributed by atoms with Crippen LogP contribution in [0.3, 0.4) is 0 Å². The average molecular weight is 213 g/mol. The van der Waals surface area contributed by atoms with Crippen LogP contribution in [0.1, 0.15) is 16.1 Å². The highest BCUT2D eigenvalue weighted by Gasteiger charge is 2.09. The molecule has 0 aromatic carbocycles. The van der Waals surface area contributed by atoms with E-state index in [2.05, 4.69) is 10.1 Å². The third-order valence-electron chi connectivity index (χ3n) is 1.86. The molecule has 0 amide bonds. The van der Waals surface area contributed by atoms with Crippen molar-refractivity contribution in [3.63, 3.8) is 0 Å². The molecule has 84 valence electrons. The Balaban J connectivity index is 2.36. The number of ether oxygens (including phenoxy) is 2. The summed E-state index contributed by atoms with van der Waals surface area (Å²) in [6.45, 7) is 1.95. The molecule has 15 heavy (non-hydrogen) atoms. The van der Waals surface area contributed by atoms with Gasteiger partial charge >= 0.3 is 5.97 Å². The quantitative estimate of drug-likeness (QED) is 0.559. The monoisotopic (exact) mass is 213 g/mol. The van der Waals surface area contributed by atoms with E-state index in [0.717, 1.165) is 6.54 Å². The highest BCUT2D eigenvalue weighted by molar-refractivity contribution is 5.88. The van der Waals surface area contributed by atoms with Gasteiger partial charge in [-0.25, -0.2) is 4.79 Å². The minimum Gasteiger partial charge on any atom is -0.467 e. The lowest BCUT2D eigenvalue weighted by Gasteiger charge is -2.00. The van der Waals surface area contributed by atoms with Crippen molar-refractivity contribution in [3.8, 4) is 0 Å². The zero-order chi connectivity index (χ0) is 11.1. The van der Waals surface area contributed by atoms with Crippen LogP contribution in [0.15, 0.2) is 16.7 Å². The molecule has 0 aliphatic carbocycles. The van der Waals surface area contributed by atoms with Gasteiger partial charge in [0.15, 0.2) is 0 Å². The molecule has 0 aliphatic heterocycles. The van der Waals surface area contributed by atoms with Gasteiger partial charge in [-0.2, -0.15) is 0 Å². The van der Waals surface area contributed by atoms with Crippen LogP contribution in [0.4, 0.5) is 0 Å². The molecular weight excluding hydrogens is 198 g/mol. The second-order valence-corrected chi connectivity index (χ2v) is 2.96. The molecule has 1 rings (SSSR count). The summed E-state index contributed by atoms with van der Waals surface area (Å²) < 4.78 is 14.6. The second kappa shape index (κ2) is 6.21. The largest absolute Gasteiger partial charge is 0.467 e. The van der Waals surface area contributed by atoms with Gasteiger partial charge in [0.1, 0.15) is 12.0 Å². The van der Waals surface area contributed by atoms with Gasteiger partial charge in [-0.1, -0.05) is 0 Å².